The minimum absolute atomic E-state index is 0. The number of anilines is 3. The molecule has 2 unspecified atom stereocenters. The van der Waals surface area contributed by atoms with Crippen LogP contribution in [-0.4, -0.2) is 4.98 Å². The smallest absolute Gasteiger partial charge is 1.00 e. The average Bonchev–Trinajstić information content (AvgIpc) is 3.57. The Morgan fingerprint density at radius 3 is 2.07 bits per heavy atom. The molecule has 6 bridgehead atoms. The normalized spacial score (nSPS) is 17.0. The van der Waals surface area contributed by atoms with Gasteiger partial charge in [-0.25, -0.2) is 0 Å². The van der Waals surface area contributed by atoms with Gasteiger partial charge in [-0.1, -0.05) is 0 Å². The predicted octanol–water partition coefficient (Wildman–Crippen LogP) is 4.15. The number of rotatable bonds is 4. The van der Waals surface area contributed by atoms with E-state index >= 15 is 0 Å². The Morgan fingerprint density at radius 2 is 1.31 bits per heavy atom. The third kappa shape index (κ3) is 4.82. The Morgan fingerprint density at radius 1 is 0.619 bits per heavy atom. The van der Waals surface area contributed by atoms with Crippen molar-refractivity contribution < 1.29 is 48.0 Å². The molecule has 42 heavy (non-hydrogen) atoms. The fourth-order valence-electron chi connectivity index (χ4n) is 6.44. The molecule has 2 aliphatic heterocycles. The van der Waals surface area contributed by atoms with Gasteiger partial charge in [0.2, 0.25) is 0 Å². The summed E-state index contributed by atoms with van der Waals surface area (Å²) in [5.41, 5.74) is 10.5. The van der Waals surface area contributed by atoms with E-state index < -0.39 is 23.2 Å². The summed E-state index contributed by atoms with van der Waals surface area (Å²) in [7, 11) is 0. The zero-order valence-electron chi connectivity index (χ0n) is 22.1. The number of hydrogen-bond acceptors (Lipinski definition) is 2. The molecule has 9 rings (SSSR count). The van der Waals surface area contributed by atoms with Crippen LogP contribution in [0.1, 0.15) is 45.2 Å². The predicted molar refractivity (Wildman–Crippen MR) is 167 cm³/mol. The van der Waals surface area contributed by atoms with Gasteiger partial charge in [-0.3, -0.25) is 0 Å². The second kappa shape index (κ2) is 12.0. The molecular weight excluding hydrogens is 770 g/mol. The molecule has 0 amide bonds. The van der Waals surface area contributed by atoms with Crippen LogP contribution in [0, 0.1) is 0 Å². The van der Waals surface area contributed by atoms with E-state index in [4.69, 9.17) is 4.98 Å². The maximum Gasteiger partial charge on any atom is -1.00 e. The number of halogens is 4. The summed E-state index contributed by atoms with van der Waals surface area (Å²) >= 11 is 6.69. The fourth-order valence-corrected chi connectivity index (χ4v) is 11.8. The number of allylic oxidation sites excluding steroid dienone is 2. The molecule has 204 valence electrons. The van der Waals surface area contributed by atoms with Crippen LogP contribution in [0.3, 0.4) is 0 Å². The first-order chi connectivity index (χ1) is 19.7. The minimum Gasteiger partial charge on any atom is -1.00 e. The number of pyridine rings is 1. The van der Waals surface area contributed by atoms with Crippen molar-refractivity contribution >= 4 is 61.2 Å². The second-order valence-electron chi connectivity index (χ2n) is 10.4. The van der Waals surface area contributed by atoms with E-state index in [0.29, 0.717) is 5.92 Å². The standard InChI is InChI=1S/C20H12BrN2.C15H10Br.2ClH.Zr/c21-17-10-11-18-16-9-8-15(20(16)17)13-4-6-14(7-5-13)23(18)19-3-1-2-12-22-19;16-14-8-4-7-12-9-10-13(15(12)14)11-5-2-1-3-6-11;;;/h1-7,9-12,15H;1-9,13H;2*1H;/q;;;;+2/p-2. The third-order valence-corrected chi connectivity index (χ3v) is 13.1. The molecule has 1 aromatic heterocycles. The van der Waals surface area contributed by atoms with E-state index in [2.05, 4.69) is 146 Å². The number of fused-ring (bicyclic) bond motifs is 3. The van der Waals surface area contributed by atoms with Crippen molar-refractivity contribution in [3.8, 4) is 0 Å². The van der Waals surface area contributed by atoms with E-state index in [9.17, 15) is 0 Å². The molecule has 0 spiro atoms. The van der Waals surface area contributed by atoms with Crippen molar-refractivity contribution in [2.45, 2.75) is 11.8 Å². The molecule has 4 aliphatic rings. The first kappa shape index (κ1) is 29.8. The van der Waals surface area contributed by atoms with Crippen LogP contribution in [0.15, 0.2) is 125 Å². The van der Waals surface area contributed by atoms with Gasteiger partial charge in [0.1, 0.15) is 0 Å². The van der Waals surface area contributed by atoms with E-state index in [1.807, 2.05) is 12.3 Å². The van der Waals surface area contributed by atoms with Crippen molar-refractivity contribution in [2.75, 3.05) is 4.90 Å². The molecule has 0 saturated heterocycles. The van der Waals surface area contributed by atoms with Gasteiger partial charge in [0.25, 0.3) is 0 Å². The summed E-state index contributed by atoms with van der Waals surface area (Å²) in [6.45, 7) is 0. The summed E-state index contributed by atoms with van der Waals surface area (Å²) in [5.74, 6) is 1.49. The molecule has 3 heterocycles. The Kier molecular flexibility index (Phi) is 8.53. The van der Waals surface area contributed by atoms with Crippen molar-refractivity contribution in [1.82, 2.24) is 4.98 Å². The Hall–Kier alpha value is -2.27. The van der Waals surface area contributed by atoms with E-state index in [-0.39, 0.29) is 30.7 Å². The van der Waals surface area contributed by atoms with Gasteiger partial charge in [-0.15, -0.1) is 0 Å². The van der Waals surface area contributed by atoms with Crippen molar-refractivity contribution in [3.05, 3.63) is 158 Å². The summed E-state index contributed by atoms with van der Waals surface area (Å²) in [4.78, 5) is 7.06. The Balaban J connectivity index is 0.00000158. The van der Waals surface area contributed by atoms with Gasteiger partial charge in [0.15, 0.2) is 0 Å². The maximum absolute atomic E-state index is 4.76. The van der Waals surface area contributed by atoms with Crippen LogP contribution in [0.4, 0.5) is 17.2 Å². The topological polar surface area (TPSA) is 16.1 Å². The summed E-state index contributed by atoms with van der Waals surface area (Å²) < 4.78 is 5.58. The summed E-state index contributed by atoms with van der Waals surface area (Å²) in [6, 6.07) is 37.4. The number of hydrogen-bond donors (Lipinski definition) is 0. The molecule has 0 N–H and O–H groups in total. The molecular formula is C35H22Br2Cl2N2Zr. The van der Waals surface area contributed by atoms with Crippen LogP contribution >= 0.6 is 31.9 Å². The SMILES string of the molecule is Brc1cccc2c1C(c1ccccc1)[C]([Zr+2][C]1=Cc3c4ccc(Br)c3C1c1ccc(cc1)N4c1ccccn1)=C2.[Cl-].[Cl-]. The van der Waals surface area contributed by atoms with E-state index in [1.165, 1.54) is 48.0 Å². The van der Waals surface area contributed by atoms with Gasteiger partial charge >= 0.3 is 264 Å². The molecule has 7 heteroatoms. The van der Waals surface area contributed by atoms with Gasteiger partial charge in [0, 0.05) is 0 Å². The van der Waals surface area contributed by atoms with Crippen LogP contribution in [-0.2, 0) is 23.2 Å². The number of aromatic nitrogens is 1. The molecule has 0 saturated carbocycles. The van der Waals surface area contributed by atoms with E-state index in [1.54, 1.807) is 6.56 Å². The van der Waals surface area contributed by atoms with Crippen LogP contribution in [0.5, 0.6) is 0 Å². The van der Waals surface area contributed by atoms with Gasteiger partial charge in [0.05, 0.1) is 0 Å². The first-order valence-electron chi connectivity index (χ1n) is 13.3. The zero-order chi connectivity index (χ0) is 26.8. The van der Waals surface area contributed by atoms with Crippen LogP contribution in [0.25, 0.3) is 12.2 Å². The van der Waals surface area contributed by atoms with Gasteiger partial charge in [-0.2, -0.15) is 0 Å². The molecule has 5 aromatic rings. The van der Waals surface area contributed by atoms with Gasteiger partial charge < -0.3 is 24.8 Å². The number of nitrogens with zero attached hydrogens (tertiary/aromatic N) is 2. The largest absolute Gasteiger partial charge is 1.00 e. The molecule has 4 aromatic carbocycles. The first-order valence-corrected chi connectivity index (χ1v) is 17.4. The zero-order valence-corrected chi connectivity index (χ0v) is 29.2. The molecule has 2 aliphatic carbocycles. The Labute approximate surface area is 286 Å². The van der Waals surface area contributed by atoms with Crippen molar-refractivity contribution in [1.29, 1.82) is 0 Å². The van der Waals surface area contributed by atoms with Crippen molar-refractivity contribution in [3.63, 3.8) is 0 Å². The molecule has 0 radical (unpaired) electrons. The third-order valence-electron chi connectivity index (χ3n) is 8.13. The van der Waals surface area contributed by atoms with Crippen molar-refractivity contribution in [2.24, 2.45) is 0 Å². The van der Waals surface area contributed by atoms with E-state index in [0.717, 1.165) is 11.5 Å². The Bertz CT molecular complexity index is 1860. The second-order valence-corrected chi connectivity index (χ2v) is 15.5. The monoisotopic (exact) mass is 788 g/mol. The summed E-state index contributed by atoms with van der Waals surface area (Å²) in [5, 5.41) is 0. The molecule has 2 atom stereocenters. The quantitative estimate of drug-likeness (QED) is 0.272. The maximum atomic E-state index is 4.76. The number of benzene rings is 4. The van der Waals surface area contributed by atoms with Gasteiger partial charge in [-0.05, 0) is 0 Å². The van der Waals surface area contributed by atoms with Crippen LogP contribution < -0.4 is 29.7 Å². The average molecular weight is 793 g/mol. The van der Waals surface area contributed by atoms with Crippen LogP contribution in [0.2, 0.25) is 0 Å². The minimum atomic E-state index is -1.19. The summed E-state index contributed by atoms with van der Waals surface area (Å²) in [6.07, 6.45) is 6.90. The molecule has 2 nitrogen and oxygen atoms in total. The molecule has 0 fully saturated rings. The fraction of sp³-hybridized carbons (Fsp3) is 0.0571.